The van der Waals surface area contributed by atoms with Crippen molar-refractivity contribution in [2.45, 2.75) is 39.7 Å². The summed E-state index contributed by atoms with van der Waals surface area (Å²) >= 11 is 0. The standard InChI is InChI=1S/C14H21F2N5O/c1-4-9(2)7-12-17-14(21(19-12)5-6-22)11-8-10(13(15)16)18-20(11)3/h8-9,13,22H,4-7H2,1-3H3. The van der Waals surface area contributed by atoms with Gasteiger partial charge in [0.1, 0.15) is 11.4 Å². The maximum atomic E-state index is 12.8. The molecule has 122 valence electrons. The van der Waals surface area contributed by atoms with E-state index in [2.05, 4.69) is 29.0 Å². The Morgan fingerprint density at radius 3 is 2.59 bits per heavy atom. The third-order valence-electron chi connectivity index (χ3n) is 3.61. The van der Waals surface area contributed by atoms with Crippen molar-refractivity contribution in [3.8, 4) is 11.5 Å². The monoisotopic (exact) mass is 313 g/mol. The van der Waals surface area contributed by atoms with Crippen LogP contribution in [0, 0.1) is 5.92 Å². The molecule has 0 fully saturated rings. The van der Waals surface area contributed by atoms with Gasteiger partial charge >= 0.3 is 0 Å². The minimum absolute atomic E-state index is 0.0985. The number of aryl methyl sites for hydroxylation is 1. The number of aromatic nitrogens is 5. The molecule has 2 aromatic rings. The van der Waals surface area contributed by atoms with E-state index in [-0.39, 0.29) is 18.8 Å². The van der Waals surface area contributed by atoms with Gasteiger partial charge in [0.2, 0.25) is 0 Å². The summed E-state index contributed by atoms with van der Waals surface area (Å²) in [6.07, 6.45) is -0.916. The van der Waals surface area contributed by atoms with Gasteiger partial charge in [-0.25, -0.2) is 18.4 Å². The van der Waals surface area contributed by atoms with E-state index in [9.17, 15) is 8.78 Å². The van der Waals surface area contributed by atoms with Gasteiger partial charge in [-0.05, 0) is 12.0 Å². The van der Waals surface area contributed by atoms with Gasteiger partial charge in [0.05, 0.1) is 13.2 Å². The van der Waals surface area contributed by atoms with Crippen LogP contribution in [0.2, 0.25) is 0 Å². The van der Waals surface area contributed by atoms with Gasteiger partial charge in [-0.15, -0.1) is 0 Å². The Morgan fingerprint density at radius 2 is 2.05 bits per heavy atom. The molecule has 0 saturated heterocycles. The zero-order valence-electron chi connectivity index (χ0n) is 13.0. The Balaban J connectivity index is 2.40. The number of alkyl halides is 2. The van der Waals surface area contributed by atoms with Crippen LogP contribution >= 0.6 is 0 Å². The normalized spacial score (nSPS) is 13.0. The van der Waals surface area contributed by atoms with Crippen LogP contribution in [0.25, 0.3) is 11.5 Å². The molecular weight excluding hydrogens is 292 g/mol. The van der Waals surface area contributed by atoms with E-state index in [0.29, 0.717) is 29.7 Å². The molecule has 2 rings (SSSR count). The van der Waals surface area contributed by atoms with Gasteiger partial charge in [0.25, 0.3) is 6.43 Å². The number of aliphatic hydroxyl groups is 1. The minimum Gasteiger partial charge on any atom is -0.394 e. The van der Waals surface area contributed by atoms with E-state index < -0.39 is 6.43 Å². The van der Waals surface area contributed by atoms with Crippen molar-refractivity contribution in [1.82, 2.24) is 24.5 Å². The second kappa shape index (κ2) is 6.95. The van der Waals surface area contributed by atoms with Gasteiger partial charge < -0.3 is 5.11 Å². The largest absolute Gasteiger partial charge is 0.394 e. The fraction of sp³-hybridized carbons (Fsp3) is 0.643. The molecule has 8 heteroatoms. The van der Waals surface area contributed by atoms with Crippen molar-refractivity contribution in [2.24, 2.45) is 13.0 Å². The van der Waals surface area contributed by atoms with E-state index in [1.807, 2.05) is 0 Å². The second-order valence-corrected chi connectivity index (χ2v) is 5.39. The summed E-state index contributed by atoms with van der Waals surface area (Å²) in [5.41, 5.74) is 0.172. The Bertz CT molecular complexity index is 623. The van der Waals surface area contributed by atoms with Crippen molar-refractivity contribution < 1.29 is 13.9 Å². The molecule has 0 aromatic carbocycles. The number of hydrogen-bond acceptors (Lipinski definition) is 4. The molecule has 0 saturated carbocycles. The highest BCUT2D eigenvalue weighted by Gasteiger charge is 2.20. The summed E-state index contributed by atoms with van der Waals surface area (Å²) in [5.74, 6) is 1.54. The van der Waals surface area contributed by atoms with Crippen LogP contribution in [0.5, 0.6) is 0 Å². The average Bonchev–Trinajstić information content (AvgIpc) is 3.03. The number of halogens is 2. The highest BCUT2D eigenvalue weighted by Crippen LogP contribution is 2.24. The molecule has 0 spiro atoms. The highest BCUT2D eigenvalue weighted by atomic mass is 19.3. The summed E-state index contributed by atoms with van der Waals surface area (Å²) in [6.45, 7) is 4.36. The lowest BCUT2D eigenvalue weighted by Crippen LogP contribution is -2.08. The summed E-state index contributed by atoms with van der Waals surface area (Å²) in [4.78, 5) is 4.46. The Morgan fingerprint density at radius 1 is 1.32 bits per heavy atom. The Labute approximate surface area is 127 Å². The zero-order valence-corrected chi connectivity index (χ0v) is 13.0. The molecule has 2 heterocycles. The first kappa shape index (κ1) is 16.5. The van der Waals surface area contributed by atoms with Gasteiger partial charge in [-0.1, -0.05) is 20.3 Å². The van der Waals surface area contributed by atoms with E-state index >= 15 is 0 Å². The minimum atomic E-state index is -2.63. The molecule has 0 aliphatic rings. The molecular formula is C14H21F2N5O. The maximum Gasteiger partial charge on any atom is 0.282 e. The molecule has 0 bridgehead atoms. The van der Waals surface area contributed by atoms with Gasteiger partial charge in [-0.2, -0.15) is 10.2 Å². The Hall–Kier alpha value is -1.83. The fourth-order valence-corrected chi connectivity index (χ4v) is 2.18. The first-order valence-corrected chi connectivity index (χ1v) is 7.33. The molecule has 0 aliphatic carbocycles. The number of nitrogens with zero attached hydrogens (tertiary/aromatic N) is 5. The van der Waals surface area contributed by atoms with Crippen LogP contribution in [0.4, 0.5) is 8.78 Å². The molecule has 2 aromatic heterocycles. The smallest absolute Gasteiger partial charge is 0.282 e. The van der Waals surface area contributed by atoms with E-state index in [1.165, 1.54) is 10.7 Å². The summed E-state index contributed by atoms with van der Waals surface area (Å²) in [5, 5.41) is 17.3. The summed E-state index contributed by atoms with van der Waals surface area (Å²) < 4.78 is 28.5. The van der Waals surface area contributed by atoms with Crippen LogP contribution in [-0.4, -0.2) is 36.3 Å². The predicted octanol–water partition coefficient (Wildman–Crippen LogP) is 2.20. The summed E-state index contributed by atoms with van der Waals surface area (Å²) in [7, 11) is 1.59. The van der Waals surface area contributed by atoms with Crippen LogP contribution < -0.4 is 0 Å². The fourth-order valence-electron chi connectivity index (χ4n) is 2.18. The highest BCUT2D eigenvalue weighted by molar-refractivity contribution is 5.51. The third-order valence-corrected chi connectivity index (χ3v) is 3.61. The van der Waals surface area contributed by atoms with Gasteiger partial charge in [-0.3, -0.25) is 4.68 Å². The second-order valence-electron chi connectivity index (χ2n) is 5.39. The van der Waals surface area contributed by atoms with Crippen LogP contribution in [0.1, 0.15) is 38.2 Å². The number of hydrogen-bond donors (Lipinski definition) is 1. The van der Waals surface area contributed by atoms with Crippen LogP contribution in [0.3, 0.4) is 0 Å². The third kappa shape index (κ3) is 3.49. The lowest BCUT2D eigenvalue weighted by Gasteiger charge is -2.03. The molecule has 22 heavy (non-hydrogen) atoms. The van der Waals surface area contributed by atoms with Crippen molar-refractivity contribution in [1.29, 1.82) is 0 Å². The Kier molecular flexibility index (Phi) is 5.23. The van der Waals surface area contributed by atoms with Crippen molar-refractivity contribution >= 4 is 0 Å². The average molecular weight is 313 g/mol. The molecule has 0 aliphatic heterocycles. The number of aliphatic hydroxyl groups excluding tert-OH is 1. The van der Waals surface area contributed by atoms with Gasteiger partial charge in [0, 0.05) is 13.5 Å². The summed E-state index contributed by atoms with van der Waals surface area (Å²) in [6, 6.07) is 1.32. The van der Waals surface area contributed by atoms with E-state index in [1.54, 1.807) is 11.7 Å². The SMILES string of the molecule is CCC(C)Cc1nc(-c2cc(C(F)F)nn2C)n(CCO)n1. The molecule has 0 radical (unpaired) electrons. The first-order valence-electron chi connectivity index (χ1n) is 7.33. The molecule has 1 unspecified atom stereocenters. The molecule has 1 N–H and O–H groups in total. The zero-order chi connectivity index (χ0) is 16.3. The molecule has 6 nitrogen and oxygen atoms in total. The predicted molar refractivity (Wildman–Crippen MR) is 77.4 cm³/mol. The van der Waals surface area contributed by atoms with Crippen molar-refractivity contribution in [2.75, 3.05) is 6.61 Å². The van der Waals surface area contributed by atoms with Crippen molar-refractivity contribution in [3.05, 3.63) is 17.6 Å². The van der Waals surface area contributed by atoms with Crippen LogP contribution in [0.15, 0.2) is 6.07 Å². The molecule has 0 amide bonds. The molecule has 1 atom stereocenters. The van der Waals surface area contributed by atoms with Gasteiger partial charge in [0.15, 0.2) is 11.6 Å². The quantitative estimate of drug-likeness (QED) is 0.851. The van der Waals surface area contributed by atoms with Crippen LogP contribution in [-0.2, 0) is 20.0 Å². The lowest BCUT2D eigenvalue weighted by molar-refractivity contribution is 0.145. The lowest BCUT2D eigenvalue weighted by atomic mass is 10.1. The topological polar surface area (TPSA) is 68.8 Å². The number of rotatable bonds is 7. The maximum absolute atomic E-state index is 12.8. The van der Waals surface area contributed by atoms with Crippen molar-refractivity contribution in [3.63, 3.8) is 0 Å². The van der Waals surface area contributed by atoms with E-state index in [0.717, 1.165) is 6.42 Å². The van der Waals surface area contributed by atoms with E-state index in [4.69, 9.17) is 5.11 Å². The first-order chi connectivity index (χ1) is 10.5.